The summed E-state index contributed by atoms with van der Waals surface area (Å²) in [5.74, 6) is 1.01. The van der Waals surface area contributed by atoms with E-state index in [1.165, 1.54) is 31.7 Å². The van der Waals surface area contributed by atoms with Crippen LogP contribution in [0.15, 0.2) is 40.9 Å². The lowest BCUT2D eigenvalue weighted by atomic mass is 10.1. The van der Waals surface area contributed by atoms with Crippen LogP contribution in [0.1, 0.15) is 50.7 Å². The van der Waals surface area contributed by atoms with Gasteiger partial charge in [-0.3, -0.25) is 0 Å². The molecule has 1 N–H and O–H groups in total. The molecule has 0 unspecified atom stereocenters. The molecule has 0 heterocycles. The summed E-state index contributed by atoms with van der Waals surface area (Å²) < 4.78 is 26.3. The minimum absolute atomic E-state index is 0. The fraction of sp³-hybridized carbons (Fsp3) is 0.455. The Labute approximate surface area is 182 Å². The van der Waals surface area contributed by atoms with Gasteiger partial charge in [-0.15, -0.1) is 12.4 Å². The number of unbranched alkanes of at least 4 members (excludes halogenated alkanes) is 3. The molecule has 0 spiro atoms. The van der Waals surface area contributed by atoms with Crippen molar-refractivity contribution in [3.8, 4) is 11.5 Å². The Morgan fingerprint density at radius 3 is 2.54 bits per heavy atom. The summed E-state index contributed by atoms with van der Waals surface area (Å²) in [7, 11) is 0. The minimum atomic E-state index is -0.268. The standard InChI is InChI=1S/C22H29BrFNO2.ClH/c1-3-5-6-9-12-25-15-17-13-19(23)22(21(14-17)26-4-2)27-16-18-10-7-8-11-20(18)24;/h7-8,10-11,13-14,25H,3-6,9,12,15-16H2,1-2H3;1H. The van der Waals surface area contributed by atoms with Crippen LogP contribution >= 0.6 is 28.3 Å². The highest BCUT2D eigenvalue weighted by atomic mass is 79.9. The average Bonchev–Trinajstić information content (AvgIpc) is 2.65. The van der Waals surface area contributed by atoms with Crippen LogP contribution < -0.4 is 14.8 Å². The lowest BCUT2D eigenvalue weighted by molar-refractivity contribution is 0.264. The molecule has 0 aliphatic carbocycles. The van der Waals surface area contributed by atoms with Crippen LogP contribution in [0.4, 0.5) is 4.39 Å². The van der Waals surface area contributed by atoms with Crippen LogP contribution in [0.3, 0.4) is 0 Å². The summed E-state index contributed by atoms with van der Waals surface area (Å²) in [5, 5.41) is 3.48. The number of hydrogen-bond acceptors (Lipinski definition) is 3. The normalized spacial score (nSPS) is 10.4. The smallest absolute Gasteiger partial charge is 0.175 e. The van der Waals surface area contributed by atoms with Crippen molar-refractivity contribution in [2.75, 3.05) is 13.2 Å². The first kappa shape index (κ1) is 24.7. The van der Waals surface area contributed by atoms with Crippen LogP contribution in [-0.4, -0.2) is 13.2 Å². The van der Waals surface area contributed by atoms with Crippen molar-refractivity contribution in [2.45, 2.75) is 52.7 Å². The first-order chi connectivity index (χ1) is 13.2. The van der Waals surface area contributed by atoms with Gasteiger partial charge < -0.3 is 14.8 Å². The third-order valence-electron chi connectivity index (χ3n) is 4.24. The van der Waals surface area contributed by atoms with E-state index in [9.17, 15) is 4.39 Å². The number of hydrogen-bond donors (Lipinski definition) is 1. The molecule has 0 atom stereocenters. The molecule has 2 aromatic rings. The SMILES string of the molecule is CCCCCCNCc1cc(Br)c(OCc2ccccc2F)c(OCC)c1.Cl. The third kappa shape index (κ3) is 7.98. The molecule has 0 saturated heterocycles. The van der Waals surface area contributed by atoms with Gasteiger partial charge in [-0.2, -0.15) is 0 Å². The van der Waals surface area contributed by atoms with Crippen molar-refractivity contribution in [3.05, 3.63) is 57.8 Å². The Morgan fingerprint density at radius 1 is 1.04 bits per heavy atom. The van der Waals surface area contributed by atoms with E-state index < -0.39 is 0 Å². The van der Waals surface area contributed by atoms with Crippen LogP contribution in [0, 0.1) is 5.82 Å². The Kier molecular flexibility index (Phi) is 12.2. The lowest BCUT2D eigenvalue weighted by Gasteiger charge is -2.16. The summed E-state index contributed by atoms with van der Waals surface area (Å²) >= 11 is 3.58. The van der Waals surface area contributed by atoms with Crippen molar-refractivity contribution in [1.29, 1.82) is 0 Å². The summed E-state index contributed by atoms with van der Waals surface area (Å²) in [6, 6.07) is 10.6. The van der Waals surface area contributed by atoms with Gasteiger partial charge in [0.15, 0.2) is 11.5 Å². The summed E-state index contributed by atoms with van der Waals surface area (Å²) in [5.41, 5.74) is 1.64. The molecule has 2 aromatic carbocycles. The van der Waals surface area contributed by atoms with E-state index in [1.54, 1.807) is 18.2 Å². The maximum atomic E-state index is 13.8. The van der Waals surface area contributed by atoms with Crippen LogP contribution in [0.5, 0.6) is 11.5 Å². The maximum Gasteiger partial charge on any atom is 0.175 e. The molecule has 0 aromatic heterocycles. The molecular weight excluding hydrogens is 445 g/mol. The first-order valence-electron chi connectivity index (χ1n) is 9.67. The Bertz CT molecular complexity index is 715. The quantitative estimate of drug-likeness (QED) is 0.349. The van der Waals surface area contributed by atoms with E-state index in [4.69, 9.17) is 9.47 Å². The maximum absolute atomic E-state index is 13.8. The van der Waals surface area contributed by atoms with Crippen LogP contribution in [0.25, 0.3) is 0 Å². The van der Waals surface area contributed by atoms with Crippen molar-refractivity contribution in [2.24, 2.45) is 0 Å². The van der Waals surface area contributed by atoms with E-state index in [2.05, 4.69) is 28.2 Å². The van der Waals surface area contributed by atoms with Gasteiger partial charge in [0.1, 0.15) is 12.4 Å². The molecule has 0 saturated carbocycles. The van der Waals surface area contributed by atoms with Gasteiger partial charge in [0.25, 0.3) is 0 Å². The van der Waals surface area contributed by atoms with Crippen LogP contribution in [-0.2, 0) is 13.2 Å². The second-order valence-corrected chi connectivity index (χ2v) is 7.31. The van der Waals surface area contributed by atoms with E-state index >= 15 is 0 Å². The van der Waals surface area contributed by atoms with E-state index in [1.807, 2.05) is 19.1 Å². The van der Waals surface area contributed by atoms with Gasteiger partial charge in [0, 0.05) is 12.1 Å². The average molecular weight is 475 g/mol. The molecule has 6 heteroatoms. The lowest BCUT2D eigenvalue weighted by Crippen LogP contribution is -2.15. The van der Waals surface area contributed by atoms with Crippen molar-refractivity contribution < 1.29 is 13.9 Å². The molecule has 3 nitrogen and oxygen atoms in total. The fourth-order valence-corrected chi connectivity index (χ4v) is 3.41. The molecule has 0 amide bonds. The number of nitrogens with one attached hydrogen (secondary N) is 1. The monoisotopic (exact) mass is 473 g/mol. The highest BCUT2D eigenvalue weighted by Gasteiger charge is 2.13. The summed E-state index contributed by atoms with van der Waals surface area (Å²) in [6.45, 7) is 6.63. The third-order valence-corrected chi connectivity index (χ3v) is 4.82. The molecule has 0 bridgehead atoms. The minimum Gasteiger partial charge on any atom is -0.490 e. The van der Waals surface area contributed by atoms with E-state index in [-0.39, 0.29) is 24.8 Å². The fourth-order valence-electron chi connectivity index (χ4n) is 2.80. The van der Waals surface area contributed by atoms with Crippen molar-refractivity contribution >= 4 is 28.3 Å². The molecule has 156 valence electrons. The molecule has 28 heavy (non-hydrogen) atoms. The molecule has 0 aliphatic rings. The zero-order chi connectivity index (χ0) is 19.5. The first-order valence-corrected chi connectivity index (χ1v) is 10.5. The predicted octanol–water partition coefficient (Wildman–Crippen LogP) is 6.66. The van der Waals surface area contributed by atoms with Gasteiger partial charge in [-0.25, -0.2) is 4.39 Å². The zero-order valence-corrected chi connectivity index (χ0v) is 19.0. The van der Waals surface area contributed by atoms with Gasteiger partial charge in [-0.1, -0.05) is 44.4 Å². The highest BCUT2D eigenvalue weighted by Crippen LogP contribution is 2.37. The number of halogens is 3. The topological polar surface area (TPSA) is 30.5 Å². The number of ether oxygens (including phenoxy) is 2. The van der Waals surface area contributed by atoms with E-state index in [0.717, 1.165) is 23.1 Å². The number of benzene rings is 2. The zero-order valence-electron chi connectivity index (χ0n) is 16.6. The predicted molar refractivity (Wildman–Crippen MR) is 119 cm³/mol. The van der Waals surface area contributed by atoms with Crippen molar-refractivity contribution in [3.63, 3.8) is 0 Å². The van der Waals surface area contributed by atoms with Crippen LogP contribution in [0.2, 0.25) is 0 Å². The van der Waals surface area contributed by atoms with E-state index in [0.29, 0.717) is 23.7 Å². The summed E-state index contributed by atoms with van der Waals surface area (Å²) in [4.78, 5) is 0. The molecule has 0 aliphatic heterocycles. The Morgan fingerprint density at radius 2 is 1.82 bits per heavy atom. The molecule has 0 radical (unpaired) electrons. The van der Waals surface area contributed by atoms with Gasteiger partial charge in [-0.05, 0) is 59.6 Å². The highest BCUT2D eigenvalue weighted by molar-refractivity contribution is 9.10. The molecular formula is C22H30BrClFNO2. The second-order valence-electron chi connectivity index (χ2n) is 6.46. The Balaban J connectivity index is 0.00000392. The summed E-state index contributed by atoms with van der Waals surface area (Å²) in [6.07, 6.45) is 4.99. The Hall–Kier alpha value is -1.30. The van der Waals surface area contributed by atoms with Crippen molar-refractivity contribution in [1.82, 2.24) is 5.32 Å². The molecule has 2 rings (SSSR count). The van der Waals surface area contributed by atoms with Gasteiger partial charge in [0.05, 0.1) is 11.1 Å². The largest absolute Gasteiger partial charge is 0.490 e. The van der Waals surface area contributed by atoms with Gasteiger partial charge >= 0.3 is 0 Å². The number of rotatable bonds is 12. The second kappa shape index (κ2) is 13.8. The van der Waals surface area contributed by atoms with Gasteiger partial charge in [0.2, 0.25) is 0 Å². The molecule has 0 fully saturated rings.